The summed E-state index contributed by atoms with van der Waals surface area (Å²) in [5, 5.41) is 0. The predicted molar refractivity (Wildman–Crippen MR) is 116 cm³/mol. The number of benzene rings is 2. The number of ether oxygens (including phenoxy) is 1. The van der Waals surface area contributed by atoms with Gasteiger partial charge in [0.15, 0.2) is 11.2 Å². The molecule has 160 valence electrons. The minimum Gasteiger partial charge on any atom is -0.495 e. The lowest BCUT2D eigenvalue weighted by atomic mass is 10.2. The lowest BCUT2D eigenvalue weighted by Gasteiger charge is -2.16. The molecule has 0 aliphatic rings. The number of rotatable bonds is 6. The van der Waals surface area contributed by atoms with Crippen molar-refractivity contribution >= 4 is 11.2 Å². The monoisotopic (exact) mass is 422 g/mol. The van der Waals surface area contributed by atoms with Crippen LogP contribution in [0.3, 0.4) is 0 Å². The number of hydrogen-bond donors (Lipinski definition) is 0. The number of para-hydroxylation sites is 2. The zero-order chi connectivity index (χ0) is 22.1. The molecule has 2 heterocycles. The summed E-state index contributed by atoms with van der Waals surface area (Å²) in [6.45, 7) is 4.22. The molecule has 0 radical (unpaired) electrons. The van der Waals surface area contributed by atoms with E-state index in [-0.39, 0.29) is 36.0 Å². The largest absolute Gasteiger partial charge is 0.495 e. The standard InChI is InChI=1S/C23H23FN4O3/c1-15(2)12-27-22(29)20-21(25-14-26(20)13-16-8-4-5-9-17(16)24)28(23(27)30)18-10-6-7-11-19(18)31-3/h4-11,14-15H,12-13H2,1-3H3. The van der Waals surface area contributed by atoms with Crippen molar-refractivity contribution in [2.24, 2.45) is 5.92 Å². The molecule has 0 bridgehead atoms. The first kappa shape index (κ1) is 20.6. The Labute approximate surface area is 178 Å². The van der Waals surface area contributed by atoms with Crippen molar-refractivity contribution in [3.05, 3.63) is 87.1 Å². The molecule has 4 aromatic rings. The molecule has 0 spiro atoms. The number of aromatic nitrogens is 4. The van der Waals surface area contributed by atoms with E-state index in [2.05, 4.69) is 4.98 Å². The van der Waals surface area contributed by atoms with Gasteiger partial charge in [-0.3, -0.25) is 9.36 Å². The zero-order valence-electron chi connectivity index (χ0n) is 17.6. The van der Waals surface area contributed by atoms with E-state index in [9.17, 15) is 14.0 Å². The second-order valence-corrected chi connectivity index (χ2v) is 7.74. The van der Waals surface area contributed by atoms with Crippen LogP contribution in [0.2, 0.25) is 0 Å². The predicted octanol–water partition coefficient (Wildman–Crippen LogP) is 3.20. The van der Waals surface area contributed by atoms with Crippen LogP contribution in [0.15, 0.2) is 64.4 Å². The molecule has 7 nitrogen and oxygen atoms in total. The first-order valence-electron chi connectivity index (χ1n) is 9.99. The number of nitrogens with zero attached hydrogens (tertiary/aromatic N) is 4. The van der Waals surface area contributed by atoms with Gasteiger partial charge >= 0.3 is 5.69 Å². The average Bonchev–Trinajstić information content (AvgIpc) is 3.16. The van der Waals surface area contributed by atoms with Gasteiger partial charge in [-0.2, -0.15) is 0 Å². The van der Waals surface area contributed by atoms with Gasteiger partial charge in [-0.05, 0) is 24.1 Å². The van der Waals surface area contributed by atoms with Crippen molar-refractivity contribution in [2.45, 2.75) is 26.9 Å². The minimum absolute atomic E-state index is 0.0666. The van der Waals surface area contributed by atoms with Gasteiger partial charge in [-0.1, -0.05) is 44.2 Å². The fourth-order valence-electron chi connectivity index (χ4n) is 3.67. The molecule has 4 rings (SSSR count). The van der Waals surface area contributed by atoms with Gasteiger partial charge in [0.2, 0.25) is 0 Å². The quantitative estimate of drug-likeness (QED) is 0.478. The topological polar surface area (TPSA) is 71.1 Å². The summed E-state index contributed by atoms with van der Waals surface area (Å²) < 4.78 is 23.9. The van der Waals surface area contributed by atoms with Crippen LogP contribution < -0.4 is 16.0 Å². The molecule has 0 aliphatic heterocycles. The van der Waals surface area contributed by atoms with Crippen LogP contribution in [0.4, 0.5) is 4.39 Å². The molecule has 0 atom stereocenters. The van der Waals surface area contributed by atoms with Crippen LogP contribution >= 0.6 is 0 Å². The summed E-state index contributed by atoms with van der Waals surface area (Å²) in [5.74, 6) is 0.172. The second kappa shape index (κ2) is 8.22. The van der Waals surface area contributed by atoms with E-state index in [0.29, 0.717) is 17.0 Å². The van der Waals surface area contributed by atoms with Crippen molar-refractivity contribution < 1.29 is 9.13 Å². The molecule has 0 saturated heterocycles. The third-order valence-corrected chi connectivity index (χ3v) is 5.07. The first-order chi connectivity index (χ1) is 14.9. The third-order valence-electron chi connectivity index (χ3n) is 5.07. The Balaban J connectivity index is 2.04. The molecule has 0 saturated carbocycles. The Morgan fingerprint density at radius 3 is 2.48 bits per heavy atom. The Morgan fingerprint density at radius 1 is 1.06 bits per heavy atom. The van der Waals surface area contributed by atoms with E-state index in [4.69, 9.17) is 4.74 Å². The van der Waals surface area contributed by atoms with Crippen LogP contribution in [0, 0.1) is 11.7 Å². The highest BCUT2D eigenvalue weighted by Gasteiger charge is 2.21. The van der Waals surface area contributed by atoms with Crippen LogP contribution in [0.5, 0.6) is 5.75 Å². The zero-order valence-corrected chi connectivity index (χ0v) is 17.6. The molecule has 2 aromatic heterocycles. The van der Waals surface area contributed by atoms with E-state index in [1.54, 1.807) is 47.0 Å². The first-order valence-corrected chi connectivity index (χ1v) is 9.99. The fourth-order valence-corrected chi connectivity index (χ4v) is 3.67. The van der Waals surface area contributed by atoms with Gasteiger partial charge in [0.05, 0.1) is 25.7 Å². The maximum absolute atomic E-state index is 14.3. The highest BCUT2D eigenvalue weighted by molar-refractivity contribution is 5.73. The molecule has 0 aliphatic carbocycles. The maximum Gasteiger partial charge on any atom is 0.337 e. The minimum atomic E-state index is -0.494. The van der Waals surface area contributed by atoms with Crippen molar-refractivity contribution in [2.75, 3.05) is 7.11 Å². The van der Waals surface area contributed by atoms with Gasteiger partial charge in [-0.15, -0.1) is 0 Å². The van der Waals surface area contributed by atoms with E-state index in [1.165, 1.54) is 28.6 Å². The lowest BCUT2D eigenvalue weighted by Crippen LogP contribution is -2.41. The Hall–Kier alpha value is -3.68. The van der Waals surface area contributed by atoms with Gasteiger partial charge in [0.25, 0.3) is 5.56 Å². The number of fused-ring (bicyclic) bond motifs is 1. The van der Waals surface area contributed by atoms with Crippen molar-refractivity contribution in [1.29, 1.82) is 0 Å². The molecule has 0 N–H and O–H groups in total. The number of hydrogen-bond acceptors (Lipinski definition) is 4. The summed E-state index contributed by atoms with van der Waals surface area (Å²) in [5.41, 5.74) is 0.395. The van der Waals surface area contributed by atoms with Gasteiger partial charge in [0, 0.05) is 12.1 Å². The average molecular weight is 422 g/mol. The highest BCUT2D eigenvalue weighted by Crippen LogP contribution is 2.23. The van der Waals surface area contributed by atoms with E-state index in [1.807, 2.05) is 13.8 Å². The summed E-state index contributed by atoms with van der Waals surface area (Å²) >= 11 is 0. The maximum atomic E-state index is 14.3. The molecule has 0 amide bonds. The number of imidazole rings is 1. The Bertz CT molecular complexity index is 1370. The van der Waals surface area contributed by atoms with Crippen molar-refractivity contribution in [3.8, 4) is 11.4 Å². The van der Waals surface area contributed by atoms with E-state index >= 15 is 0 Å². The van der Waals surface area contributed by atoms with Crippen LogP contribution in [-0.4, -0.2) is 25.8 Å². The van der Waals surface area contributed by atoms with E-state index in [0.717, 1.165) is 0 Å². The molecule has 31 heavy (non-hydrogen) atoms. The highest BCUT2D eigenvalue weighted by atomic mass is 19.1. The van der Waals surface area contributed by atoms with Crippen molar-refractivity contribution in [1.82, 2.24) is 18.7 Å². The normalized spacial score (nSPS) is 11.4. The Kier molecular flexibility index (Phi) is 5.46. The van der Waals surface area contributed by atoms with Gasteiger partial charge in [-0.25, -0.2) is 18.7 Å². The summed E-state index contributed by atoms with van der Waals surface area (Å²) in [4.78, 5) is 31.1. The molecular weight excluding hydrogens is 399 g/mol. The van der Waals surface area contributed by atoms with Crippen molar-refractivity contribution in [3.63, 3.8) is 0 Å². The van der Waals surface area contributed by atoms with Gasteiger partial charge in [0.1, 0.15) is 11.6 Å². The smallest absolute Gasteiger partial charge is 0.337 e. The Morgan fingerprint density at radius 2 is 1.77 bits per heavy atom. The third kappa shape index (κ3) is 3.65. The SMILES string of the molecule is COc1ccccc1-n1c(=O)n(CC(C)C)c(=O)c2c1ncn2Cc1ccccc1F. The fraction of sp³-hybridized carbons (Fsp3) is 0.261. The van der Waals surface area contributed by atoms with Crippen LogP contribution in [-0.2, 0) is 13.1 Å². The number of halogens is 1. The summed E-state index contributed by atoms with van der Waals surface area (Å²) in [7, 11) is 1.52. The van der Waals surface area contributed by atoms with Gasteiger partial charge < -0.3 is 9.30 Å². The van der Waals surface area contributed by atoms with E-state index < -0.39 is 11.2 Å². The second-order valence-electron chi connectivity index (χ2n) is 7.74. The molecule has 8 heteroatoms. The summed E-state index contributed by atoms with van der Waals surface area (Å²) in [6, 6.07) is 13.4. The molecular formula is C23H23FN4O3. The molecule has 0 unspecified atom stereocenters. The van der Waals surface area contributed by atoms with Crippen LogP contribution in [0.25, 0.3) is 16.9 Å². The summed E-state index contributed by atoms with van der Waals surface area (Å²) in [6.07, 6.45) is 1.46. The lowest BCUT2D eigenvalue weighted by molar-refractivity contribution is 0.411. The number of methoxy groups -OCH3 is 1. The molecule has 0 fully saturated rings. The van der Waals surface area contributed by atoms with Crippen LogP contribution in [0.1, 0.15) is 19.4 Å². The molecule has 2 aromatic carbocycles.